The van der Waals surface area contributed by atoms with E-state index in [0.29, 0.717) is 17.6 Å². The summed E-state index contributed by atoms with van der Waals surface area (Å²) in [5.41, 5.74) is 13.8. The molecule has 9 aromatic carbocycles. The number of hydrogen-bond donors (Lipinski definition) is 0. The van der Waals surface area contributed by atoms with E-state index in [2.05, 4.69) is 220 Å². The minimum Gasteiger partial charge on any atom is -0.277 e. The summed E-state index contributed by atoms with van der Waals surface area (Å²) in [4.78, 5) is 15.9. The van der Waals surface area contributed by atoms with E-state index in [1.807, 2.05) is 6.07 Å². The molecule has 12 rings (SSSR count). The fourth-order valence-electron chi connectivity index (χ4n) is 9.64. The number of benzene rings is 9. The van der Waals surface area contributed by atoms with E-state index in [1.165, 1.54) is 50.4 Å². The molecule has 0 N–H and O–H groups in total. The monoisotopic (exact) mass is 810 g/mol. The smallest absolute Gasteiger partial charge is 0.238 e. The largest absolute Gasteiger partial charge is 0.277 e. The van der Waals surface area contributed by atoms with Crippen LogP contribution in [0.15, 0.2) is 194 Å². The normalized spacial score (nSPS) is 12.6. The second kappa shape index (κ2) is 15.3. The van der Waals surface area contributed by atoms with Crippen molar-refractivity contribution in [1.82, 2.24) is 19.5 Å². The third-order valence-corrected chi connectivity index (χ3v) is 12.7. The fourth-order valence-corrected chi connectivity index (χ4v) is 9.64. The molecule has 0 bridgehead atoms. The van der Waals surface area contributed by atoms with Gasteiger partial charge in [-0.25, -0.2) is 4.98 Å². The molecule has 0 saturated heterocycles. The molecule has 63 heavy (non-hydrogen) atoms. The molecule has 0 unspecified atom stereocenters. The number of rotatable bonds is 5. The fraction of sp³-hybridized carbons (Fsp3) is 0.102. The zero-order valence-corrected chi connectivity index (χ0v) is 36.0. The van der Waals surface area contributed by atoms with Gasteiger partial charge < -0.3 is 0 Å². The van der Waals surface area contributed by atoms with Gasteiger partial charge in [0.1, 0.15) is 0 Å². The lowest BCUT2D eigenvalue weighted by Gasteiger charge is -2.21. The molecule has 1 aliphatic carbocycles. The molecule has 1 aliphatic rings. The van der Waals surface area contributed by atoms with Gasteiger partial charge in [-0.15, -0.1) is 0 Å². The summed E-state index contributed by atoms with van der Waals surface area (Å²) in [6.07, 6.45) is 1.25. The Morgan fingerprint density at radius 3 is 1.78 bits per heavy atom. The van der Waals surface area contributed by atoms with Crippen molar-refractivity contribution in [3.63, 3.8) is 0 Å². The third-order valence-electron chi connectivity index (χ3n) is 12.7. The van der Waals surface area contributed by atoms with Gasteiger partial charge in [0.25, 0.3) is 0 Å². The van der Waals surface area contributed by atoms with E-state index >= 15 is 0 Å². The minimum absolute atomic E-state index is 0.117. The molecule has 302 valence electrons. The molecule has 0 atom stereocenters. The van der Waals surface area contributed by atoms with Crippen LogP contribution in [0.1, 0.15) is 45.2 Å². The van der Waals surface area contributed by atoms with Crippen LogP contribution < -0.4 is 0 Å². The first-order valence-electron chi connectivity index (χ1n) is 22.0. The molecule has 11 aromatic rings. The van der Waals surface area contributed by atoms with Crippen LogP contribution in [0, 0.1) is 0 Å². The number of fused-ring (bicyclic) bond motifs is 9. The van der Waals surface area contributed by atoms with E-state index in [4.69, 9.17) is 15.0 Å². The van der Waals surface area contributed by atoms with Crippen LogP contribution in [0.25, 0.3) is 105 Å². The highest BCUT2D eigenvalue weighted by Gasteiger charge is 2.36. The lowest BCUT2D eigenvalue weighted by molar-refractivity contribution is 0.661. The summed E-state index contributed by atoms with van der Waals surface area (Å²) >= 11 is 0. The molecule has 2 heterocycles. The van der Waals surface area contributed by atoms with Crippen molar-refractivity contribution in [2.45, 2.75) is 39.5 Å². The summed E-state index contributed by atoms with van der Waals surface area (Å²) in [7, 11) is 0. The number of nitrogens with zero attached hydrogens (tertiary/aromatic N) is 4. The first-order valence-corrected chi connectivity index (χ1v) is 22.0. The van der Waals surface area contributed by atoms with Crippen molar-refractivity contribution in [3.8, 4) is 62.1 Å². The van der Waals surface area contributed by atoms with Crippen molar-refractivity contribution >= 4 is 43.4 Å². The van der Waals surface area contributed by atoms with E-state index in [9.17, 15) is 0 Å². The summed E-state index contributed by atoms with van der Waals surface area (Å²) in [6, 6.07) is 69.6. The highest BCUT2D eigenvalue weighted by molar-refractivity contribution is 6.14. The topological polar surface area (TPSA) is 43.6 Å². The summed E-state index contributed by atoms with van der Waals surface area (Å²) in [5, 5.41) is 7.16. The molecule has 0 aliphatic heterocycles. The molecule has 0 radical (unpaired) electrons. The van der Waals surface area contributed by atoms with E-state index in [1.54, 1.807) is 0 Å². The molecule has 0 amide bonds. The SMILES string of the molecule is CC1(C)c2ccc(-c3cccc4c5ccccc5n(-c5nc(-c6ccc(-c7ccccc7)cc6)nc(-c6ccc7ccccc7c6)n5)c34)cc2-c2c1ccc1ccccc21.CCC. The van der Waals surface area contributed by atoms with Crippen molar-refractivity contribution < 1.29 is 0 Å². The van der Waals surface area contributed by atoms with Gasteiger partial charge in [0, 0.05) is 32.9 Å². The molecular weight excluding hydrogens is 765 g/mol. The third kappa shape index (κ3) is 6.41. The van der Waals surface area contributed by atoms with E-state index in [-0.39, 0.29) is 5.41 Å². The number of aromatic nitrogens is 4. The van der Waals surface area contributed by atoms with Crippen molar-refractivity contribution in [1.29, 1.82) is 0 Å². The van der Waals surface area contributed by atoms with Crippen LogP contribution in [0.3, 0.4) is 0 Å². The van der Waals surface area contributed by atoms with Gasteiger partial charge in [-0.3, -0.25) is 4.57 Å². The molecule has 4 heteroatoms. The molecular formula is C59H46N4. The summed E-state index contributed by atoms with van der Waals surface area (Å²) in [5.74, 6) is 1.82. The Labute approximate surface area is 368 Å². The highest BCUT2D eigenvalue weighted by Crippen LogP contribution is 2.52. The maximum atomic E-state index is 5.36. The molecule has 0 fully saturated rings. The minimum atomic E-state index is -0.117. The van der Waals surface area contributed by atoms with E-state index in [0.717, 1.165) is 55.0 Å². The van der Waals surface area contributed by atoms with Crippen molar-refractivity contribution in [2.75, 3.05) is 0 Å². The Morgan fingerprint density at radius 2 is 0.984 bits per heavy atom. The van der Waals surface area contributed by atoms with Crippen LogP contribution in [-0.2, 0) is 5.41 Å². The summed E-state index contributed by atoms with van der Waals surface area (Å²) in [6.45, 7) is 8.96. The van der Waals surface area contributed by atoms with Crippen molar-refractivity contribution in [2.24, 2.45) is 0 Å². The number of para-hydroxylation sites is 2. The van der Waals surface area contributed by atoms with Crippen LogP contribution in [0.5, 0.6) is 0 Å². The Kier molecular flexibility index (Phi) is 9.31. The Balaban J connectivity index is 0.00000144. The van der Waals surface area contributed by atoms with Crippen LogP contribution in [0.4, 0.5) is 0 Å². The van der Waals surface area contributed by atoms with Gasteiger partial charge in [0.05, 0.1) is 11.0 Å². The average Bonchev–Trinajstić information content (AvgIpc) is 3.80. The van der Waals surface area contributed by atoms with Gasteiger partial charge in [-0.2, -0.15) is 9.97 Å². The highest BCUT2D eigenvalue weighted by atomic mass is 15.2. The summed E-state index contributed by atoms with van der Waals surface area (Å²) < 4.78 is 2.26. The maximum absolute atomic E-state index is 5.36. The Morgan fingerprint density at radius 1 is 0.413 bits per heavy atom. The van der Waals surface area contributed by atoms with E-state index < -0.39 is 0 Å². The lowest BCUT2D eigenvalue weighted by atomic mass is 9.82. The quantitative estimate of drug-likeness (QED) is 0.174. The molecule has 0 spiro atoms. The Hall–Kier alpha value is -7.69. The lowest BCUT2D eigenvalue weighted by Crippen LogP contribution is -2.14. The first-order chi connectivity index (χ1) is 30.9. The Bertz CT molecular complexity index is 3520. The van der Waals surface area contributed by atoms with Gasteiger partial charge in [-0.1, -0.05) is 210 Å². The average molecular weight is 811 g/mol. The van der Waals surface area contributed by atoms with Crippen LogP contribution >= 0.6 is 0 Å². The van der Waals surface area contributed by atoms with Crippen LogP contribution in [-0.4, -0.2) is 19.5 Å². The standard InChI is InChI=1S/C56H38N4.C3H8/c1-56(2)48-31-30-41(34-47(48)51-43-18-9-8-16-38(43)29-32-49(51)56)44-20-12-21-46-45-19-10-11-22-50(45)60(52(44)46)55-58-53(39-26-23-37(24-27-39)35-13-4-3-5-14-35)57-54(59-55)42-28-25-36-15-6-7-17-40(36)33-42;1-3-2/h3-34H,1-2H3;3H2,1-2H3. The van der Waals surface area contributed by atoms with Crippen molar-refractivity contribution in [3.05, 3.63) is 205 Å². The van der Waals surface area contributed by atoms with Gasteiger partial charge in [0.2, 0.25) is 5.95 Å². The first kappa shape index (κ1) is 38.2. The van der Waals surface area contributed by atoms with Gasteiger partial charge in [0.15, 0.2) is 11.6 Å². The molecule has 4 nitrogen and oxygen atoms in total. The molecule has 0 saturated carbocycles. The maximum Gasteiger partial charge on any atom is 0.238 e. The second-order valence-corrected chi connectivity index (χ2v) is 17.1. The van der Waals surface area contributed by atoms with Gasteiger partial charge in [-0.05, 0) is 78.7 Å². The zero-order valence-electron chi connectivity index (χ0n) is 36.0. The molecule has 2 aromatic heterocycles. The zero-order chi connectivity index (χ0) is 42.7. The predicted octanol–water partition coefficient (Wildman–Crippen LogP) is 15.7. The predicted molar refractivity (Wildman–Crippen MR) is 264 cm³/mol. The number of hydrogen-bond acceptors (Lipinski definition) is 3. The van der Waals surface area contributed by atoms with Crippen LogP contribution in [0.2, 0.25) is 0 Å². The second-order valence-electron chi connectivity index (χ2n) is 17.1. The van der Waals surface area contributed by atoms with Gasteiger partial charge >= 0.3 is 0 Å².